The van der Waals surface area contributed by atoms with E-state index in [1.165, 1.54) is 0 Å². The normalized spacial score (nSPS) is 7.59. The number of carboxylic acids is 1. The molecule has 6 nitrogen and oxygen atoms in total. The van der Waals surface area contributed by atoms with Crippen LogP contribution >= 0.6 is 11.6 Å². The van der Waals surface area contributed by atoms with Gasteiger partial charge in [-0.05, 0) is 12.8 Å². The third-order valence-corrected chi connectivity index (χ3v) is 1.54. The molecule has 0 aromatic heterocycles. The maximum Gasteiger partial charge on any atom is 1.00 e. The van der Waals surface area contributed by atoms with Crippen molar-refractivity contribution < 1.29 is 91.7 Å². The van der Waals surface area contributed by atoms with E-state index in [4.69, 9.17) is 31.7 Å². The van der Waals surface area contributed by atoms with Crippen LogP contribution in [0.2, 0.25) is 0 Å². The number of halogens is 1. The van der Waals surface area contributed by atoms with E-state index in [9.17, 15) is 9.59 Å². The van der Waals surface area contributed by atoms with Crippen LogP contribution in [0.5, 0.6) is 0 Å². The van der Waals surface area contributed by atoms with E-state index < -0.39 is 17.9 Å². The van der Waals surface area contributed by atoms with Gasteiger partial charge >= 0.3 is 71.2 Å². The first-order valence-corrected chi connectivity index (χ1v) is 4.69. The number of hydrogen-bond donors (Lipinski definition) is 3. The number of unbranched alkanes of at least 4 members (excludes halogenated alkanes) is 2. The Kier molecular flexibility index (Phi) is 29.5. The zero-order chi connectivity index (χ0) is 12.3. The molecular weight excluding hydrogens is 274 g/mol. The van der Waals surface area contributed by atoms with Gasteiger partial charge in [0.25, 0.3) is 0 Å². The van der Waals surface area contributed by atoms with Crippen molar-refractivity contribution in [1.29, 1.82) is 0 Å². The Hall–Kier alpha value is 0.700. The van der Waals surface area contributed by atoms with Crippen molar-refractivity contribution >= 4 is 29.5 Å². The number of hydrogen-bond acceptors (Lipinski definition) is 3. The van der Waals surface area contributed by atoms with Crippen molar-refractivity contribution in [3.63, 3.8) is 0 Å². The number of rotatable bonds is 6. The maximum absolute atomic E-state index is 10.5. The molecule has 0 spiro atoms. The second-order valence-electron chi connectivity index (χ2n) is 2.51. The van der Waals surface area contributed by atoms with Gasteiger partial charge in [0, 0.05) is 12.3 Å². The molecule has 0 aliphatic heterocycles. The van der Waals surface area contributed by atoms with Gasteiger partial charge in [0.05, 0.1) is 0 Å². The van der Waals surface area contributed by atoms with Gasteiger partial charge in [-0.15, -0.1) is 11.6 Å². The molecular formula is C8H15ClNa2O6. The van der Waals surface area contributed by atoms with Crippen molar-refractivity contribution in [2.45, 2.75) is 25.7 Å². The van der Waals surface area contributed by atoms with Gasteiger partial charge < -0.3 is 18.2 Å². The predicted octanol–water partition coefficient (Wildman–Crippen LogP) is -4.11. The van der Waals surface area contributed by atoms with Crippen LogP contribution in [0.3, 0.4) is 0 Å². The predicted molar refractivity (Wildman–Crippen MR) is 54.7 cm³/mol. The van der Waals surface area contributed by atoms with Gasteiger partial charge in [0.15, 0.2) is 0 Å². The van der Waals surface area contributed by atoms with Crippen LogP contribution < -0.4 is 59.1 Å². The number of ketones is 1. The average Bonchev–Trinajstić information content (AvgIpc) is 2.11. The molecule has 92 valence electrons. The van der Waals surface area contributed by atoms with Crippen molar-refractivity contribution in [3.8, 4) is 0 Å². The van der Waals surface area contributed by atoms with E-state index in [1.807, 2.05) is 0 Å². The Bertz CT molecular complexity index is 229. The summed E-state index contributed by atoms with van der Waals surface area (Å²) in [5, 5.41) is 22.1. The molecule has 0 rings (SSSR count). The summed E-state index contributed by atoms with van der Waals surface area (Å²) in [5.41, 5.74) is 0. The quantitative estimate of drug-likeness (QED) is 0.198. The molecule has 0 saturated heterocycles. The number of alkyl halides is 1. The molecule has 0 aromatic rings. The van der Waals surface area contributed by atoms with Crippen LogP contribution in [0.15, 0.2) is 0 Å². The SMILES string of the molecule is O=C(O)C(=O)CCCCCCl.O=C(O)O.[H-].[H-].[Na+].[Na+]. The third-order valence-electron chi connectivity index (χ3n) is 1.28. The summed E-state index contributed by atoms with van der Waals surface area (Å²) in [6, 6.07) is 0. The summed E-state index contributed by atoms with van der Waals surface area (Å²) in [6.45, 7) is 0. The fourth-order valence-electron chi connectivity index (χ4n) is 0.664. The largest absolute Gasteiger partial charge is 1.00 e. The van der Waals surface area contributed by atoms with Gasteiger partial charge in [-0.3, -0.25) is 4.79 Å². The first kappa shape index (κ1) is 26.3. The molecule has 0 amide bonds. The minimum absolute atomic E-state index is 0. The van der Waals surface area contributed by atoms with Crippen molar-refractivity contribution in [1.82, 2.24) is 0 Å². The minimum atomic E-state index is -1.83. The second-order valence-corrected chi connectivity index (χ2v) is 2.89. The molecule has 0 aliphatic rings. The van der Waals surface area contributed by atoms with Gasteiger partial charge in [0.2, 0.25) is 5.78 Å². The summed E-state index contributed by atoms with van der Waals surface area (Å²) in [6.07, 6.45) is 0.584. The van der Waals surface area contributed by atoms with Gasteiger partial charge in [-0.25, -0.2) is 9.59 Å². The van der Waals surface area contributed by atoms with Crippen LogP contribution in [0.25, 0.3) is 0 Å². The molecule has 0 bridgehead atoms. The monoisotopic (exact) mass is 288 g/mol. The van der Waals surface area contributed by atoms with E-state index in [2.05, 4.69) is 0 Å². The topological polar surface area (TPSA) is 112 Å². The number of carboxylic acid groups (broad SMARTS) is 3. The number of aliphatic carboxylic acids is 1. The van der Waals surface area contributed by atoms with Crippen LogP contribution in [-0.4, -0.2) is 39.1 Å². The molecule has 0 aliphatic carbocycles. The summed E-state index contributed by atoms with van der Waals surface area (Å²) in [5.74, 6) is -1.48. The maximum atomic E-state index is 10.5. The van der Waals surface area contributed by atoms with E-state index in [0.29, 0.717) is 12.3 Å². The van der Waals surface area contributed by atoms with Gasteiger partial charge in [0.1, 0.15) is 0 Å². The molecule has 0 radical (unpaired) electrons. The van der Waals surface area contributed by atoms with E-state index in [-0.39, 0.29) is 68.4 Å². The van der Waals surface area contributed by atoms with Crippen LogP contribution in [0.4, 0.5) is 4.79 Å². The number of carbonyl (C=O) groups is 3. The molecule has 0 unspecified atom stereocenters. The van der Waals surface area contributed by atoms with Crippen LogP contribution in [-0.2, 0) is 9.59 Å². The first-order chi connectivity index (χ1) is 6.91. The van der Waals surface area contributed by atoms with E-state index in [1.54, 1.807) is 0 Å². The van der Waals surface area contributed by atoms with Crippen molar-refractivity contribution in [2.24, 2.45) is 0 Å². The fourth-order valence-corrected chi connectivity index (χ4v) is 0.853. The minimum Gasteiger partial charge on any atom is -1.00 e. The molecule has 9 heteroatoms. The van der Waals surface area contributed by atoms with Crippen LogP contribution in [0, 0.1) is 0 Å². The molecule has 0 fully saturated rings. The van der Waals surface area contributed by atoms with Gasteiger partial charge in [-0.1, -0.05) is 6.42 Å². The molecule has 0 atom stereocenters. The summed E-state index contributed by atoms with van der Waals surface area (Å²) >= 11 is 5.38. The number of carbonyl (C=O) groups excluding carboxylic acids is 1. The summed E-state index contributed by atoms with van der Waals surface area (Å²) < 4.78 is 0. The van der Waals surface area contributed by atoms with E-state index >= 15 is 0 Å². The zero-order valence-electron chi connectivity index (χ0n) is 12.0. The Morgan fingerprint density at radius 3 is 1.65 bits per heavy atom. The Morgan fingerprint density at radius 1 is 0.941 bits per heavy atom. The molecule has 0 heterocycles. The average molecular weight is 289 g/mol. The first-order valence-electron chi connectivity index (χ1n) is 4.15. The molecule has 17 heavy (non-hydrogen) atoms. The Balaban J connectivity index is -0.0000000471. The summed E-state index contributed by atoms with van der Waals surface area (Å²) in [7, 11) is 0. The Labute approximate surface area is 151 Å². The second kappa shape index (κ2) is 19.0. The van der Waals surface area contributed by atoms with Crippen LogP contribution in [0.1, 0.15) is 28.5 Å². The molecule has 0 aromatic carbocycles. The van der Waals surface area contributed by atoms with Crippen molar-refractivity contribution in [2.75, 3.05) is 5.88 Å². The van der Waals surface area contributed by atoms with E-state index in [0.717, 1.165) is 12.8 Å². The molecule has 3 N–H and O–H groups in total. The number of Topliss-reactive ketones (excluding diaryl/α,β-unsaturated/α-hetero) is 1. The van der Waals surface area contributed by atoms with Gasteiger partial charge in [-0.2, -0.15) is 0 Å². The fraction of sp³-hybridized carbons (Fsp3) is 0.625. The standard InChI is InChI=1S/C7H11ClO3.CH2O3.2Na.2H/c8-5-3-1-2-4-6(9)7(10)11;2-1(3)4;;;;/h1-5H2,(H,10,11);(H2,2,3,4);;;;/q;;2*+1;2*-1. The smallest absolute Gasteiger partial charge is 1.00 e. The molecule has 0 saturated carbocycles. The summed E-state index contributed by atoms with van der Waals surface area (Å²) in [4.78, 5) is 29.0. The third kappa shape index (κ3) is 31.5. The van der Waals surface area contributed by atoms with Crippen molar-refractivity contribution in [3.05, 3.63) is 0 Å². The zero-order valence-corrected chi connectivity index (χ0v) is 14.7. The Morgan fingerprint density at radius 2 is 1.35 bits per heavy atom.